The van der Waals surface area contributed by atoms with Gasteiger partial charge in [-0.1, -0.05) is 0 Å². The third kappa shape index (κ3) is 2.71. The predicted molar refractivity (Wildman–Crippen MR) is 74.0 cm³/mol. The quantitative estimate of drug-likeness (QED) is 0.903. The number of hydrogen-bond acceptors (Lipinski definition) is 4. The SMILES string of the molecule is CNCc1cc(CN2CCOC3CCCC32)oc1C. The van der Waals surface area contributed by atoms with Gasteiger partial charge in [-0.25, -0.2) is 0 Å². The van der Waals surface area contributed by atoms with Crippen LogP contribution in [0.5, 0.6) is 0 Å². The predicted octanol–water partition coefficient (Wildman–Crippen LogP) is 2.06. The van der Waals surface area contributed by atoms with E-state index in [1.54, 1.807) is 0 Å². The van der Waals surface area contributed by atoms with E-state index in [0.717, 1.165) is 37.8 Å². The van der Waals surface area contributed by atoms with E-state index in [1.807, 2.05) is 14.0 Å². The van der Waals surface area contributed by atoms with Gasteiger partial charge in [-0.15, -0.1) is 0 Å². The summed E-state index contributed by atoms with van der Waals surface area (Å²) in [5.74, 6) is 2.14. The van der Waals surface area contributed by atoms with E-state index in [-0.39, 0.29) is 0 Å². The van der Waals surface area contributed by atoms with E-state index in [9.17, 15) is 0 Å². The number of rotatable bonds is 4. The fourth-order valence-electron chi connectivity index (χ4n) is 3.43. The van der Waals surface area contributed by atoms with Gasteiger partial charge in [0.25, 0.3) is 0 Å². The van der Waals surface area contributed by atoms with E-state index in [0.29, 0.717) is 12.1 Å². The molecule has 0 spiro atoms. The minimum Gasteiger partial charge on any atom is -0.465 e. The third-order valence-electron chi connectivity index (χ3n) is 4.39. The molecule has 106 valence electrons. The van der Waals surface area contributed by atoms with Gasteiger partial charge in [0.15, 0.2) is 0 Å². The second-order valence-electron chi connectivity index (χ2n) is 5.70. The largest absolute Gasteiger partial charge is 0.465 e. The van der Waals surface area contributed by atoms with Crippen LogP contribution in [-0.2, 0) is 17.8 Å². The molecule has 1 saturated carbocycles. The molecule has 0 radical (unpaired) electrons. The van der Waals surface area contributed by atoms with Crippen LogP contribution in [0, 0.1) is 6.92 Å². The van der Waals surface area contributed by atoms with Gasteiger partial charge in [-0.3, -0.25) is 4.90 Å². The summed E-state index contributed by atoms with van der Waals surface area (Å²) in [6, 6.07) is 2.80. The van der Waals surface area contributed by atoms with Crippen molar-refractivity contribution in [3.8, 4) is 0 Å². The second-order valence-corrected chi connectivity index (χ2v) is 5.70. The molecule has 1 aliphatic carbocycles. The number of nitrogens with one attached hydrogen (secondary N) is 1. The van der Waals surface area contributed by atoms with Gasteiger partial charge in [0, 0.05) is 24.7 Å². The first-order valence-electron chi connectivity index (χ1n) is 7.36. The summed E-state index contributed by atoms with van der Waals surface area (Å²) < 4.78 is 11.8. The summed E-state index contributed by atoms with van der Waals surface area (Å²) in [6.45, 7) is 5.75. The number of fused-ring (bicyclic) bond motifs is 1. The summed E-state index contributed by atoms with van der Waals surface area (Å²) >= 11 is 0. The average molecular weight is 264 g/mol. The van der Waals surface area contributed by atoms with Gasteiger partial charge in [0.2, 0.25) is 0 Å². The van der Waals surface area contributed by atoms with Crippen LogP contribution in [-0.4, -0.2) is 37.2 Å². The highest BCUT2D eigenvalue weighted by Gasteiger charge is 2.36. The van der Waals surface area contributed by atoms with Crippen molar-refractivity contribution in [1.82, 2.24) is 10.2 Å². The lowest BCUT2D eigenvalue weighted by Crippen LogP contribution is -2.47. The van der Waals surface area contributed by atoms with Crippen molar-refractivity contribution in [2.45, 2.75) is 51.4 Å². The summed E-state index contributed by atoms with van der Waals surface area (Å²) in [4.78, 5) is 2.54. The highest BCUT2D eigenvalue weighted by atomic mass is 16.5. The van der Waals surface area contributed by atoms with E-state index < -0.39 is 0 Å². The Morgan fingerprint density at radius 1 is 1.42 bits per heavy atom. The summed E-state index contributed by atoms with van der Waals surface area (Å²) in [5.41, 5.74) is 1.27. The maximum absolute atomic E-state index is 5.90. The van der Waals surface area contributed by atoms with Crippen LogP contribution < -0.4 is 5.32 Å². The Balaban J connectivity index is 1.68. The first-order valence-corrected chi connectivity index (χ1v) is 7.36. The molecule has 19 heavy (non-hydrogen) atoms. The zero-order valence-corrected chi connectivity index (χ0v) is 11.9. The van der Waals surface area contributed by atoms with Crippen molar-refractivity contribution in [2.24, 2.45) is 0 Å². The second kappa shape index (κ2) is 5.65. The van der Waals surface area contributed by atoms with Gasteiger partial charge in [0.05, 0.1) is 19.3 Å². The minimum absolute atomic E-state index is 0.460. The Hall–Kier alpha value is -0.840. The normalized spacial score (nSPS) is 27.7. The molecule has 0 aromatic carbocycles. The molecular formula is C15H24N2O2. The fraction of sp³-hybridized carbons (Fsp3) is 0.733. The standard InChI is InChI=1S/C15H24N2O2/c1-11-12(9-16-2)8-13(19-11)10-17-6-7-18-15-5-3-4-14(15)17/h8,14-16H,3-7,9-10H2,1-2H3. The van der Waals surface area contributed by atoms with Crippen LogP contribution in [0.3, 0.4) is 0 Å². The van der Waals surface area contributed by atoms with E-state index in [1.165, 1.54) is 24.8 Å². The molecule has 2 atom stereocenters. The number of aryl methyl sites for hydroxylation is 1. The zero-order chi connectivity index (χ0) is 13.2. The van der Waals surface area contributed by atoms with Crippen LogP contribution in [0.25, 0.3) is 0 Å². The Morgan fingerprint density at radius 3 is 3.16 bits per heavy atom. The maximum Gasteiger partial charge on any atom is 0.118 e. The smallest absolute Gasteiger partial charge is 0.118 e. The lowest BCUT2D eigenvalue weighted by atomic mass is 10.1. The van der Waals surface area contributed by atoms with Crippen molar-refractivity contribution in [3.05, 3.63) is 23.2 Å². The number of furan rings is 1. The van der Waals surface area contributed by atoms with Crippen LogP contribution in [0.2, 0.25) is 0 Å². The number of hydrogen-bond donors (Lipinski definition) is 1. The van der Waals surface area contributed by atoms with Gasteiger partial charge in [-0.05, 0) is 39.3 Å². The molecule has 3 rings (SSSR count). The minimum atomic E-state index is 0.460. The lowest BCUT2D eigenvalue weighted by molar-refractivity contribution is -0.0606. The molecule has 0 amide bonds. The Bertz CT molecular complexity index is 430. The first-order chi connectivity index (χ1) is 9.28. The molecule has 2 heterocycles. The first kappa shape index (κ1) is 13.2. The van der Waals surface area contributed by atoms with Gasteiger partial charge < -0.3 is 14.5 Å². The summed E-state index contributed by atoms with van der Waals surface area (Å²) in [7, 11) is 1.97. The molecule has 0 bridgehead atoms. The highest BCUT2D eigenvalue weighted by molar-refractivity contribution is 5.20. The van der Waals surface area contributed by atoms with Crippen molar-refractivity contribution in [1.29, 1.82) is 0 Å². The van der Waals surface area contributed by atoms with Crippen LogP contribution in [0.4, 0.5) is 0 Å². The van der Waals surface area contributed by atoms with E-state index in [2.05, 4.69) is 16.3 Å². The van der Waals surface area contributed by atoms with Crippen molar-refractivity contribution < 1.29 is 9.15 Å². The molecule has 2 fully saturated rings. The summed E-state index contributed by atoms with van der Waals surface area (Å²) in [5, 5.41) is 3.19. The van der Waals surface area contributed by atoms with E-state index in [4.69, 9.17) is 9.15 Å². The Kier molecular flexibility index (Phi) is 3.91. The maximum atomic E-state index is 5.90. The fourth-order valence-corrected chi connectivity index (χ4v) is 3.43. The van der Waals surface area contributed by atoms with Gasteiger partial charge in [-0.2, -0.15) is 0 Å². The molecule has 1 saturated heterocycles. The van der Waals surface area contributed by atoms with Crippen LogP contribution in [0.15, 0.2) is 10.5 Å². The van der Waals surface area contributed by atoms with Crippen molar-refractivity contribution >= 4 is 0 Å². The Morgan fingerprint density at radius 2 is 2.32 bits per heavy atom. The lowest BCUT2D eigenvalue weighted by Gasteiger charge is -2.37. The number of morpholine rings is 1. The topological polar surface area (TPSA) is 37.6 Å². The van der Waals surface area contributed by atoms with Crippen LogP contribution in [0.1, 0.15) is 36.3 Å². The number of nitrogens with zero attached hydrogens (tertiary/aromatic N) is 1. The van der Waals surface area contributed by atoms with Crippen LogP contribution >= 0.6 is 0 Å². The van der Waals surface area contributed by atoms with Crippen molar-refractivity contribution in [2.75, 3.05) is 20.2 Å². The monoisotopic (exact) mass is 264 g/mol. The Labute approximate surface area is 115 Å². The molecule has 2 unspecified atom stereocenters. The molecule has 4 nitrogen and oxygen atoms in total. The highest BCUT2D eigenvalue weighted by Crippen LogP contribution is 2.31. The molecule has 2 aliphatic rings. The van der Waals surface area contributed by atoms with Gasteiger partial charge >= 0.3 is 0 Å². The van der Waals surface area contributed by atoms with Crippen molar-refractivity contribution in [3.63, 3.8) is 0 Å². The number of ether oxygens (including phenoxy) is 1. The van der Waals surface area contributed by atoms with E-state index >= 15 is 0 Å². The third-order valence-corrected chi connectivity index (χ3v) is 4.39. The molecule has 1 N–H and O–H groups in total. The molecule has 1 aliphatic heterocycles. The molecule has 1 aromatic rings. The molecular weight excluding hydrogens is 240 g/mol. The average Bonchev–Trinajstić information content (AvgIpc) is 2.98. The zero-order valence-electron chi connectivity index (χ0n) is 11.9. The van der Waals surface area contributed by atoms with Gasteiger partial charge in [0.1, 0.15) is 11.5 Å². The molecule has 4 heteroatoms. The molecule has 1 aromatic heterocycles. The summed E-state index contributed by atoms with van der Waals surface area (Å²) in [6.07, 6.45) is 4.26.